The van der Waals surface area contributed by atoms with Crippen molar-refractivity contribution in [2.24, 2.45) is 11.8 Å². The van der Waals surface area contributed by atoms with Crippen LogP contribution in [0.1, 0.15) is 109 Å². The van der Waals surface area contributed by atoms with Crippen molar-refractivity contribution < 1.29 is 43.0 Å². The molecule has 2 rings (SSSR count). The number of rotatable bonds is 27. The van der Waals surface area contributed by atoms with Crippen LogP contribution in [0.4, 0.5) is 0 Å². The maximum absolute atomic E-state index is 13.8. The van der Waals surface area contributed by atoms with Crippen molar-refractivity contribution in [1.29, 1.82) is 0 Å². The summed E-state index contributed by atoms with van der Waals surface area (Å²) in [5, 5.41) is 15.5. The van der Waals surface area contributed by atoms with Crippen LogP contribution in [0.3, 0.4) is 0 Å². The molecule has 0 aliphatic heterocycles. The molecule has 284 valence electrons. The Hall–Kier alpha value is -4.85. The number of aliphatic carboxylic acids is 1. The van der Waals surface area contributed by atoms with Gasteiger partial charge in [-0.15, -0.1) is 5.92 Å². The lowest BCUT2D eigenvalue weighted by atomic mass is 9.87. The lowest BCUT2D eigenvalue weighted by molar-refractivity contribution is -0.149. The largest absolute Gasteiger partial charge is 0.481 e. The Labute approximate surface area is 308 Å². The van der Waals surface area contributed by atoms with Gasteiger partial charge in [0.05, 0.1) is 31.8 Å². The number of carbonyl (C=O) groups excluding carboxylic acids is 4. The Morgan fingerprint density at radius 1 is 0.942 bits per heavy atom. The molecule has 0 fully saturated rings. The Bertz CT molecular complexity index is 1460. The van der Waals surface area contributed by atoms with Crippen molar-refractivity contribution >= 4 is 29.5 Å². The summed E-state index contributed by atoms with van der Waals surface area (Å²) < 4.78 is 15.7. The zero-order chi connectivity index (χ0) is 38.0. The van der Waals surface area contributed by atoms with E-state index in [0.29, 0.717) is 42.1 Å². The zero-order valence-electron chi connectivity index (χ0n) is 31.0. The molecule has 3 atom stereocenters. The highest BCUT2D eigenvalue weighted by molar-refractivity contribution is 5.92. The standard InChI is InChI=1S/C41H56N2O9/c1-4-6-8-11-14-18-32(44)19-15-12-9-10-13-16-21-35(36(40(47)48)29-38(45)42-30-34-20-17-27-52-34)39(46)43-37(41(49)50-3)28-31-22-24-33(25-23-31)51-26-7-5-2/h16-17,20-25,27,35-37H,4,6,8-15,18-19,26,28-30H2,1-3H3,(H,42,45)(H,43,46)(H,47,48)/b21-16+/t35-,36?,37?/m0/s1. The van der Waals surface area contributed by atoms with Crippen LogP contribution in [0.25, 0.3) is 0 Å². The molecule has 0 radical (unpaired) electrons. The number of hydrogen-bond donors (Lipinski definition) is 3. The third kappa shape index (κ3) is 17.9. The number of ketones is 1. The average molecular weight is 721 g/mol. The molecule has 0 saturated carbocycles. The molecule has 11 nitrogen and oxygen atoms in total. The van der Waals surface area contributed by atoms with Crippen molar-refractivity contribution in [3.05, 3.63) is 66.1 Å². The van der Waals surface area contributed by atoms with Gasteiger partial charge in [-0.3, -0.25) is 19.2 Å². The second kappa shape index (κ2) is 26.0. The molecule has 2 amide bonds. The minimum atomic E-state index is -1.42. The van der Waals surface area contributed by atoms with E-state index in [9.17, 15) is 29.1 Å². The molecule has 2 unspecified atom stereocenters. The molecular weight excluding hydrogens is 664 g/mol. The van der Waals surface area contributed by atoms with E-state index in [1.165, 1.54) is 38.7 Å². The van der Waals surface area contributed by atoms with E-state index in [2.05, 4.69) is 29.4 Å². The maximum atomic E-state index is 13.8. The number of carbonyl (C=O) groups is 5. The first-order valence-corrected chi connectivity index (χ1v) is 18.4. The topological polar surface area (TPSA) is 161 Å². The van der Waals surface area contributed by atoms with Crippen LogP contribution in [-0.4, -0.2) is 54.4 Å². The van der Waals surface area contributed by atoms with Crippen molar-refractivity contribution in [1.82, 2.24) is 10.6 Å². The number of carboxylic acid groups (broad SMARTS) is 1. The van der Waals surface area contributed by atoms with Crippen LogP contribution in [0.2, 0.25) is 0 Å². The molecule has 0 aliphatic rings. The lowest BCUT2D eigenvalue weighted by Crippen LogP contribution is -2.48. The number of Topliss-reactive ketones (excluding diaryl/α,β-unsaturated/α-hetero) is 1. The number of allylic oxidation sites excluding steroid dienone is 1. The van der Waals surface area contributed by atoms with Gasteiger partial charge in [-0.1, -0.05) is 75.7 Å². The summed E-state index contributed by atoms with van der Waals surface area (Å²) in [7, 11) is 1.21. The first kappa shape index (κ1) is 43.3. The van der Waals surface area contributed by atoms with Crippen LogP contribution >= 0.6 is 0 Å². The summed E-state index contributed by atoms with van der Waals surface area (Å²) in [4.78, 5) is 64.1. The average Bonchev–Trinajstić information content (AvgIpc) is 3.66. The molecule has 0 aliphatic carbocycles. The number of benzene rings is 1. The Morgan fingerprint density at radius 2 is 1.63 bits per heavy atom. The quantitative estimate of drug-likeness (QED) is 0.0393. The van der Waals surface area contributed by atoms with Gasteiger partial charge in [0.25, 0.3) is 0 Å². The van der Waals surface area contributed by atoms with Crippen LogP contribution in [0.5, 0.6) is 5.75 Å². The molecule has 1 aromatic carbocycles. The fourth-order valence-corrected chi connectivity index (χ4v) is 5.63. The molecule has 0 spiro atoms. The number of amides is 2. The number of furan rings is 1. The number of esters is 1. The number of unbranched alkanes of at least 4 members (excludes halogenated alkanes) is 8. The minimum absolute atomic E-state index is 0.0652. The molecule has 1 aromatic heterocycles. The first-order valence-electron chi connectivity index (χ1n) is 18.4. The van der Waals surface area contributed by atoms with E-state index in [0.717, 1.165) is 38.5 Å². The minimum Gasteiger partial charge on any atom is -0.481 e. The summed E-state index contributed by atoms with van der Waals surface area (Å²) >= 11 is 0. The first-order chi connectivity index (χ1) is 25.2. The van der Waals surface area contributed by atoms with Gasteiger partial charge in [0.15, 0.2) is 0 Å². The van der Waals surface area contributed by atoms with Gasteiger partial charge in [-0.05, 0) is 62.4 Å². The smallest absolute Gasteiger partial charge is 0.328 e. The Balaban J connectivity index is 2.07. The SMILES string of the molecule is CC#CCOc1ccc(CC(NC(=O)[C@@H](/C=C/CCCCCCC(=O)CCCCCCC)C(CC(=O)NCc2ccco2)C(=O)O)C(=O)OC)cc1. The number of ether oxygens (including phenoxy) is 2. The number of nitrogens with one attached hydrogen (secondary N) is 2. The van der Waals surface area contributed by atoms with E-state index in [1.807, 2.05) is 0 Å². The van der Waals surface area contributed by atoms with E-state index in [4.69, 9.17) is 13.9 Å². The van der Waals surface area contributed by atoms with Crippen LogP contribution < -0.4 is 15.4 Å². The van der Waals surface area contributed by atoms with Gasteiger partial charge in [0.1, 0.15) is 29.9 Å². The molecular formula is C41H56N2O9. The molecule has 0 saturated heterocycles. The van der Waals surface area contributed by atoms with Gasteiger partial charge in [-0.2, -0.15) is 0 Å². The molecule has 2 aromatic rings. The van der Waals surface area contributed by atoms with Crippen LogP contribution in [0, 0.1) is 23.7 Å². The monoisotopic (exact) mass is 720 g/mol. The molecule has 3 N–H and O–H groups in total. The van der Waals surface area contributed by atoms with Gasteiger partial charge >= 0.3 is 11.9 Å². The highest BCUT2D eigenvalue weighted by Crippen LogP contribution is 2.22. The van der Waals surface area contributed by atoms with Gasteiger partial charge in [0.2, 0.25) is 11.8 Å². The predicted octanol–water partition coefficient (Wildman–Crippen LogP) is 6.73. The number of hydrogen-bond acceptors (Lipinski definition) is 8. The van der Waals surface area contributed by atoms with E-state index >= 15 is 0 Å². The van der Waals surface area contributed by atoms with E-state index in [1.54, 1.807) is 49.4 Å². The number of methoxy groups -OCH3 is 1. The van der Waals surface area contributed by atoms with Crippen molar-refractivity contribution in [2.75, 3.05) is 13.7 Å². The second-order valence-corrected chi connectivity index (χ2v) is 12.8. The lowest BCUT2D eigenvalue weighted by Gasteiger charge is -2.24. The molecule has 11 heteroatoms. The Morgan fingerprint density at radius 3 is 2.25 bits per heavy atom. The summed E-state index contributed by atoms with van der Waals surface area (Å²) in [6, 6.07) is 9.19. The highest BCUT2D eigenvalue weighted by atomic mass is 16.5. The van der Waals surface area contributed by atoms with Crippen molar-refractivity contribution in [3.8, 4) is 17.6 Å². The third-order valence-electron chi connectivity index (χ3n) is 8.63. The zero-order valence-corrected chi connectivity index (χ0v) is 31.0. The maximum Gasteiger partial charge on any atom is 0.328 e. The summed E-state index contributed by atoms with van der Waals surface area (Å²) in [5.41, 5.74) is 0.706. The summed E-state index contributed by atoms with van der Waals surface area (Å²) in [6.45, 7) is 4.19. The predicted molar refractivity (Wildman–Crippen MR) is 198 cm³/mol. The molecule has 1 heterocycles. The van der Waals surface area contributed by atoms with Gasteiger partial charge in [-0.25, -0.2) is 4.79 Å². The van der Waals surface area contributed by atoms with Gasteiger partial charge < -0.3 is 29.6 Å². The van der Waals surface area contributed by atoms with E-state index < -0.39 is 48.1 Å². The fourth-order valence-electron chi connectivity index (χ4n) is 5.63. The molecule has 0 bridgehead atoms. The van der Waals surface area contributed by atoms with Crippen LogP contribution in [0.15, 0.2) is 59.2 Å². The highest BCUT2D eigenvalue weighted by Gasteiger charge is 2.36. The van der Waals surface area contributed by atoms with Crippen molar-refractivity contribution in [2.45, 2.75) is 116 Å². The summed E-state index contributed by atoms with van der Waals surface area (Å²) in [5.74, 6) is 0.976. The number of carboxylic acids is 1. The van der Waals surface area contributed by atoms with Crippen LogP contribution in [-0.2, 0) is 41.7 Å². The normalized spacial score (nSPS) is 12.6. The van der Waals surface area contributed by atoms with Gasteiger partial charge in [0, 0.05) is 25.7 Å². The van der Waals surface area contributed by atoms with E-state index in [-0.39, 0.29) is 19.6 Å². The summed E-state index contributed by atoms with van der Waals surface area (Å²) in [6.07, 6.45) is 15.1. The third-order valence-corrected chi connectivity index (χ3v) is 8.63. The van der Waals surface area contributed by atoms with Crippen molar-refractivity contribution in [3.63, 3.8) is 0 Å². The molecule has 52 heavy (non-hydrogen) atoms. The Kier molecular flexibility index (Phi) is 21.7. The fraction of sp³-hybridized carbons (Fsp3) is 0.537. The second-order valence-electron chi connectivity index (χ2n) is 12.8.